The third-order valence-corrected chi connectivity index (χ3v) is 3.18. The van der Waals surface area contributed by atoms with Gasteiger partial charge in [-0.2, -0.15) is 0 Å². The van der Waals surface area contributed by atoms with Crippen molar-refractivity contribution in [3.05, 3.63) is 11.3 Å². The Kier molecular flexibility index (Phi) is 6.75. The molecule has 0 radical (unpaired) electrons. The molecular formula is C14H26N2O. The van der Waals surface area contributed by atoms with Gasteiger partial charge in [-0.3, -0.25) is 4.79 Å². The number of amides is 1. The first-order chi connectivity index (χ1) is 8.29. The minimum absolute atomic E-state index is 0.148. The van der Waals surface area contributed by atoms with E-state index in [-0.39, 0.29) is 5.91 Å². The molecule has 0 aromatic carbocycles. The molecule has 0 spiro atoms. The Labute approximate surface area is 105 Å². The molecule has 3 heteroatoms. The quantitative estimate of drug-likeness (QED) is 0.638. The smallest absolute Gasteiger partial charge is 0.248 e. The maximum absolute atomic E-state index is 12.0. The van der Waals surface area contributed by atoms with Gasteiger partial charge in [0, 0.05) is 24.4 Å². The van der Waals surface area contributed by atoms with Crippen molar-refractivity contribution in [2.45, 2.75) is 58.8 Å². The molecule has 0 aromatic heterocycles. The number of unbranched alkanes of at least 4 members (excludes halogenated alkanes) is 2. The molecule has 98 valence electrons. The lowest BCUT2D eigenvalue weighted by Gasteiger charge is -2.10. The fourth-order valence-electron chi connectivity index (χ4n) is 2.09. The van der Waals surface area contributed by atoms with E-state index in [4.69, 9.17) is 0 Å². The number of hydrogen-bond donors (Lipinski definition) is 2. The Balaban J connectivity index is 2.41. The highest BCUT2D eigenvalue weighted by Gasteiger charge is 2.19. The summed E-state index contributed by atoms with van der Waals surface area (Å²) < 4.78 is 0. The maximum Gasteiger partial charge on any atom is 0.248 e. The topological polar surface area (TPSA) is 41.1 Å². The van der Waals surface area contributed by atoms with Crippen LogP contribution in [0.4, 0.5) is 0 Å². The van der Waals surface area contributed by atoms with E-state index in [9.17, 15) is 4.79 Å². The van der Waals surface area contributed by atoms with Crippen LogP contribution in [0.15, 0.2) is 11.3 Å². The van der Waals surface area contributed by atoms with Crippen LogP contribution in [0.5, 0.6) is 0 Å². The molecule has 0 aromatic rings. The predicted octanol–water partition coefficient (Wildman–Crippen LogP) is 2.73. The van der Waals surface area contributed by atoms with Crippen LogP contribution in [-0.4, -0.2) is 19.0 Å². The Morgan fingerprint density at radius 2 is 1.82 bits per heavy atom. The molecule has 0 atom stereocenters. The van der Waals surface area contributed by atoms with Crippen molar-refractivity contribution >= 4 is 5.91 Å². The minimum Gasteiger partial charge on any atom is -0.388 e. The van der Waals surface area contributed by atoms with Gasteiger partial charge in [-0.05, 0) is 32.1 Å². The second-order valence-electron chi connectivity index (χ2n) is 4.70. The van der Waals surface area contributed by atoms with Gasteiger partial charge in [0.05, 0.1) is 0 Å². The summed E-state index contributed by atoms with van der Waals surface area (Å²) in [6.45, 7) is 6.13. The molecule has 0 unspecified atom stereocenters. The van der Waals surface area contributed by atoms with Gasteiger partial charge in [-0.25, -0.2) is 0 Å². The van der Waals surface area contributed by atoms with Gasteiger partial charge in [-0.15, -0.1) is 0 Å². The van der Waals surface area contributed by atoms with Crippen LogP contribution in [0.25, 0.3) is 0 Å². The highest BCUT2D eigenvalue weighted by atomic mass is 16.1. The summed E-state index contributed by atoms with van der Waals surface area (Å²) in [5.74, 6) is 0.148. The average molecular weight is 238 g/mol. The minimum atomic E-state index is 0.148. The Morgan fingerprint density at radius 3 is 2.53 bits per heavy atom. The number of rotatable bonds is 8. The Bertz CT molecular complexity index is 271. The number of carbonyl (C=O) groups excluding carboxylic acids is 1. The fourth-order valence-corrected chi connectivity index (χ4v) is 2.09. The second kappa shape index (κ2) is 8.15. The zero-order valence-electron chi connectivity index (χ0n) is 11.3. The molecule has 1 amide bonds. The molecule has 0 bridgehead atoms. The fraction of sp³-hybridized carbons (Fsp3) is 0.786. The van der Waals surface area contributed by atoms with Gasteiger partial charge in [0.25, 0.3) is 0 Å². The molecule has 0 aliphatic heterocycles. The number of allylic oxidation sites excluding steroid dienone is 1. The molecule has 1 rings (SSSR count). The van der Waals surface area contributed by atoms with Gasteiger partial charge in [0.2, 0.25) is 5.91 Å². The Hall–Kier alpha value is -0.990. The molecule has 0 fully saturated rings. The summed E-state index contributed by atoms with van der Waals surface area (Å²) in [7, 11) is 0. The van der Waals surface area contributed by atoms with E-state index in [1.165, 1.54) is 18.5 Å². The van der Waals surface area contributed by atoms with Crippen molar-refractivity contribution in [3.63, 3.8) is 0 Å². The third-order valence-electron chi connectivity index (χ3n) is 3.18. The molecule has 1 aliphatic carbocycles. The van der Waals surface area contributed by atoms with Crippen molar-refractivity contribution in [3.8, 4) is 0 Å². The van der Waals surface area contributed by atoms with Crippen LogP contribution in [-0.2, 0) is 4.79 Å². The van der Waals surface area contributed by atoms with Gasteiger partial charge < -0.3 is 10.6 Å². The van der Waals surface area contributed by atoms with Crippen LogP contribution >= 0.6 is 0 Å². The molecular weight excluding hydrogens is 212 g/mol. The number of carbonyl (C=O) groups is 1. The van der Waals surface area contributed by atoms with Gasteiger partial charge >= 0.3 is 0 Å². The van der Waals surface area contributed by atoms with E-state index in [0.29, 0.717) is 0 Å². The Morgan fingerprint density at radius 1 is 1.12 bits per heavy atom. The lowest BCUT2D eigenvalue weighted by molar-refractivity contribution is -0.117. The normalized spacial score (nSPS) is 15.2. The van der Waals surface area contributed by atoms with Crippen LogP contribution in [0, 0.1) is 0 Å². The van der Waals surface area contributed by atoms with E-state index in [1.54, 1.807) is 0 Å². The van der Waals surface area contributed by atoms with Crippen molar-refractivity contribution in [2.75, 3.05) is 13.1 Å². The maximum atomic E-state index is 12.0. The summed E-state index contributed by atoms with van der Waals surface area (Å²) in [5.41, 5.74) is 2.18. The first-order valence-corrected chi connectivity index (χ1v) is 7.03. The van der Waals surface area contributed by atoms with Crippen molar-refractivity contribution in [1.29, 1.82) is 0 Å². The highest BCUT2D eigenvalue weighted by Crippen LogP contribution is 2.24. The zero-order chi connectivity index (χ0) is 12.5. The molecule has 0 saturated carbocycles. The van der Waals surface area contributed by atoms with Crippen LogP contribution < -0.4 is 10.6 Å². The third kappa shape index (κ3) is 4.80. The number of hydrogen-bond acceptors (Lipinski definition) is 2. The SMILES string of the molecule is CCCCNC(=O)C1=C(NCCCC)CCC1. The average Bonchev–Trinajstić information content (AvgIpc) is 2.78. The largest absolute Gasteiger partial charge is 0.388 e. The summed E-state index contributed by atoms with van der Waals surface area (Å²) in [6.07, 6.45) is 7.66. The monoisotopic (exact) mass is 238 g/mol. The van der Waals surface area contributed by atoms with E-state index in [2.05, 4.69) is 24.5 Å². The van der Waals surface area contributed by atoms with Crippen LogP contribution in [0.2, 0.25) is 0 Å². The lowest BCUT2D eigenvalue weighted by Crippen LogP contribution is -2.27. The molecule has 17 heavy (non-hydrogen) atoms. The standard InChI is InChI=1S/C14H26N2O/c1-3-5-10-15-13-9-7-8-12(13)14(17)16-11-6-4-2/h15H,3-11H2,1-2H3,(H,16,17). The second-order valence-corrected chi connectivity index (χ2v) is 4.70. The van der Waals surface area contributed by atoms with E-state index >= 15 is 0 Å². The van der Waals surface area contributed by atoms with Crippen LogP contribution in [0.1, 0.15) is 58.8 Å². The lowest BCUT2D eigenvalue weighted by atomic mass is 10.2. The zero-order valence-corrected chi connectivity index (χ0v) is 11.3. The molecule has 3 nitrogen and oxygen atoms in total. The molecule has 0 heterocycles. The van der Waals surface area contributed by atoms with Crippen molar-refractivity contribution < 1.29 is 4.79 Å². The first-order valence-electron chi connectivity index (χ1n) is 7.03. The summed E-state index contributed by atoms with van der Waals surface area (Å²) in [4.78, 5) is 12.0. The summed E-state index contributed by atoms with van der Waals surface area (Å²) >= 11 is 0. The van der Waals surface area contributed by atoms with Gasteiger partial charge in [-0.1, -0.05) is 26.7 Å². The predicted molar refractivity (Wildman–Crippen MR) is 71.7 cm³/mol. The highest BCUT2D eigenvalue weighted by molar-refractivity contribution is 5.94. The van der Waals surface area contributed by atoms with E-state index in [0.717, 1.165) is 50.8 Å². The van der Waals surface area contributed by atoms with E-state index in [1.807, 2.05) is 0 Å². The van der Waals surface area contributed by atoms with Gasteiger partial charge in [0.1, 0.15) is 0 Å². The first kappa shape index (κ1) is 14.1. The molecule has 0 saturated heterocycles. The molecule has 1 aliphatic rings. The number of nitrogens with one attached hydrogen (secondary N) is 2. The van der Waals surface area contributed by atoms with Gasteiger partial charge in [0.15, 0.2) is 0 Å². The molecule has 2 N–H and O–H groups in total. The van der Waals surface area contributed by atoms with E-state index < -0.39 is 0 Å². The van der Waals surface area contributed by atoms with Crippen LogP contribution in [0.3, 0.4) is 0 Å². The van der Waals surface area contributed by atoms with Crippen molar-refractivity contribution in [1.82, 2.24) is 10.6 Å². The van der Waals surface area contributed by atoms with Crippen molar-refractivity contribution in [2.24, 2.45) is 0 Å². The summed E-state index contributed by atoms with van der Waals surface area (Å²) in [6, 6.07) is 0. The summed E-state index contributed by atoms with van der Waals surface area (Å²) in [5, 5.41) is 6.43.